The van der Waals surface area contributed by atoms with Crippen molar-refractivity contribution in [2.75, 3.05) is 0 Å². The van der Waals surface area contributed by atoms with Crippen LogP contribution in [0, 0.1) is 17.3 Å². The number of fused-ring (bicyclic) bond motifs is 2. The normalized spacial score (nSPS) is 26.6. The number of aromatic hydroxyl groups is 2. The highest BCUT2D eigenvalue weighted by molar-refractivity contribution is 5.83. The van der Waals surface area contributed by atoms with E-state index in [-0.39, 0.29) is 28.7 Å². The monoisotopic (exact) mass is 316 g/mol. The molecule has 0 aromatic heterocycles. The van der Waals surface area contributed by atoms with Crippen LogP contribution in [-0.4, -0.2) is 16.0 Å². The molecule has 2 atom stereocenters. The fourth-order valence-corrected chi connectivity index (χ4v) is 4.63. The minimum absolute atomic E-state index is 0.000261. The first-order valence-corrected chi connectivity index (χ1v) is 8.81. The molecule has 1 fully saturated rings. The van der Waals surface area contributed by atoms with E-state index >= 15 is 0 Å². The van der Waals surface area contributed by atoms with Crippen molar-refractivity contribution in [2.45, 2.75) is 65.7 Å². The number of phenolic OH excluding ortho intramolecular Hbond substituents is 2. The Hall–Kier alpha value is -1.51. The molecule has 1 saturated carbocycles. The number of benzene rings is 1. The maximum atomic E-state index is 12.5. The van der Waals surface area contributed by atoms with E-state index in [1.54, 1.807) is 0 Å². The van der Waals surface area contributed by atoms with Crippen molar-refractivity contribution in [1.29, 1.82) is 0 Å². The van der Waals surface area contributed by atoms with Gasteiger partial charge in [0.05, 0.1) is 0 Å². The standard InChI is InChI=1S/C20H28O3/c1-11(2)13-9-12-5-6-16-15(10-14(12)19(23)18(13)22)17(21)7-8-20(16,3)4/h9,11,15-16,22-23H,5-8,10H2,1-4H3. The van der Waals surface area contributed by atoms with Crippen molar-refractivity contribution >= 4 is 5.78 Å². The molecule has 1 aromatic carbocycles. The van der Waals surface area contributed by atoms with Crippen LogP contribution in [0.5, 0.6) is 11.5 Å². The Morgan fingerprint density at radius 3 is 2.52 bits per heavy atom. The third-order valence-electron chi connectivity index (χ3n) is 6.19. The molecule has 0 amide bonds. The number of carbonyl (C=O) groups excluding carboxylic acids is 1. The van der Waals surface area contributed by atoms with Gasteiger partial charge in [-0.1, -0.05) is 33.8 Å². The van der Waals surface area contributed by atoms with Crippen LogP contribution >= 0.6 is 0 Å². The van der Waals surface area contributed by atoms with Crippen molar-refractivity contribution in [2.24, 2.45) is 17.3 Å². The van der Waals surface area contributed by atoms with Crippen molar-refractivity contribution in [3.8, 4) is 11.5 Å². The molecule has 0 radical (unpaired) electrons. The van der Waals surface area contributed by atoms with Gasteiger partial charge in [-0.15, -0.1) is 0 Å². The third kappa shape index (κ3) is 2.64. The SMILES string of the molecule is CC(C)c1cc2c(c(O)c1O)CC1C(=O)CCC(C)(C)C1CC2. The second kappa shape index (κ2) is 5.54. The second-order valence-electron chi connectivity index (χ2n) is 8.37. The number of phenols is 2. The Labute approximate surface area is 138 Å². The van der Waals surface area contributed by atoms with E-state index in [1.165, 1.54) is 0 Å². The minimum Gasteiger partial charge on any atom is -0.504 e. The highest BCUT2D eigenvalue weighted by Crippen LogP contribution is 2.50. The molecule has 2 aliphatic carbocycles. The summed E-state index contributed by atoms with van der Waals surface area (Å²) in [6.07, 6.45) is 4.02. The minimum atomic E-state index is -0.0183. The lowest BCUT2D eigenvalue weighted by Gasteiger charge is -2.42. The van der Waals surface area contributed by atoms with Gasteiger partial charge in [-0.25, -0.2) is 0 Å². The Balaban J connectivity index is 2.07. The zero-order valence-electron chi connectivity index (χ0n) is 14.6. The summed E-state index contributed by atoms with van der Waals surface area (Å²) in [4.78, 5) is 12.5. The molecule has 0 heterocycles. The van der Waals surface area contributed by atoms with Gasteiger partial charge in [-0.3, -0.25) is 4.79 Å². The average Bonchev–Trinajstić information content (AvgIpc) is 2.68. The fraction of sp³-hybridized carbons (Fsp3) is 0.650. The predicted molar refractivity (Wildman–Crippen MR) is 90.9 cm³/mol. The van der Waals surface area contributed by atoms with Gasteiger partial charge < -0.3 is 10.2 Å². The van der Waals surface area contributed by atoms with Gasteiger partial charge >= 0.3 is 0 Å². The van der Waals surface area contributed by atoms with Gasteiger partial charge in [0.1, 0.15) is 5.78 Å². The molecular formula is C20H28O3. The molecule has 3 rings (SSSR count). The van der Waals surface area contributed by atoms with Crippen molar-refractivity contribution in [3.05, 3.63) is 22.8 Å². The zero-order chi connectivity index (χ0) is 16.9. The summed E-state index contributed by atoms with van der Waals surface area (Å²) in [5.41, 5.74) is 2.88. The van der Waals surface area contributed by atoms with Crippen LogP contribution in [0.2, 0.25) is 0 Å². The molecule has 0 bridgehead atoms. The number of ketones is 1. The lowest BCUT2D eigenvalue weighted by Crippen LogP contribution is -2.40. The summed E-state index contributed by atoms with van der Waals surface area (Å²) in [5, 5.41) is 20.9. The summed E-state index contributed by atoms with van der Waals surface area (Å²) in [6, 6.07) is 2.05. The molecule has 126 valence electrons. The van der Waals surface area contributed by atoms with E-state index < -0.39 is 0 Å². The van der Waals surface area contributed by atoms with E-state index in [0.29, 0.717) is 24.5 Å². The largest absolute Gasteiger partial charge is 0.504 e. The maximum absolute atomic E-state index is 12.5. The Kier molecular flexibility index (Phi) is 3.94. The summed E-state index contributed by atoms with van der Waals surface area (Å²) in [7, 11) is 0. The average molecular weight is 316 g/mol. The second-order valence-corrected chi connectivity index (χ2v) is 8.37. The maximum Gasteiger partial charge on any atom is 0.161 e. The highest BCUT2D eigenvalue weighted by atomic mass is 16.3. The van der Waals surface area contributed by atoms with Crippen LogP contribution in [0.15, 0.2) is 6.07 Å². The summed E-state index contributed by atoms with van der Waals surface area (Å²) in [5.74, 6) is 0.835. The number of hydrogen-bond donors (Lipinski definition) is 2. The Morgan fingerprint density at radius 1 is 1.17 bits per heavy atom. The van der Waals surface area contributed by atoms with Crippen LogP contribution < -0.4 is 0 Å². The van der Waals surface area contributed by atoms with Crippen molar-refractivity contribution < 1.29 is 15.0 Å². The van der Waals surface area contributed by atoms with E-state index in [4.69, 9.17) is 0 Å². The molecule has 3 nitrogen and oxygen atoms in total. The van der Waals surface area contributed by atoms with Gasteiger partial charge in [0.15, 0.2) is 11.5 Å². The first-order chi connectivity index (χ1) is 10.7. The van der Waals surface area contributed by atoms with Crippen molar-refractivity contribution in [1.82, 2.24) is 0 Å². The lowest BCUT2D eigenvalue weighted by atomic mass is 9.61. The van der Waals surface area contributed by atoms with Gasteiger partial charge in [0.2, 0.25) is 0 Å². The van der Waals surface area contributed by atoms with Crippen LogP contribution in [-0.2, 0) is 17.6 Å². The van der Waals surface area contributed by atoms with Crippen LogP contribution in [0.3, 0.4) is 0 Å². The quantitative estimate of drug-likeness (QED) is 0.758. The summed E-state index contributed by atoms with van der Waals surface area (Å²) < 4.78 is 0. The number of Topliss-reactive ketones (excluding diaryl/α,β-unsaturated/α-hetero) is 1. The summed E-state index contributed by atoms with van der Waals surface area (Å²) >= 11 is 0. The number of aryl methyl sites for hydroxylation is 1. The molecule has 23 heavy (non-hydrogen) atoms. The molecule has 2 unspecified atom stereocenters. The molecule has 3 heteroatoms. The molecule has 0 aliphatic heterocycles. The molecule has 1 aromatic rings. The highest BCUT2D eigenvalue weighted by Gasteiger charge is 2.44. The summed E-state index contributed by atoms with van der Waals surface area (Å²) in [6.45, 7) is 8.57. The van der Waals surface area contributed by atoms with Crippen LogP contribution in [0.1, 0.15) is 69.6 Å². The Morgan fingerprint density at radius 2 is 1.87 bits per heavy atom. The topological polar surface area (TPSA) is 57.5 Å². The van der Waals surface area contributed by atoms with E-state index in [1.807, 2.05) is 19.9 Å². The fourth-order valence-electron chi connectivity index (χ4n) is 4.63. The number of carbonyl (C=O) groups is 1. The molecule has 0 spiro atoms. The molecule has 2 aliphatic rings. The van der Waals surface area contributed by atoms with Gasteiger partial charge in [0.25, 0.3) is 0 Å². The zero-order valence-corrected chi connectivity index (χ0v) is 14.6. The number of hydrogen-bond acceptors (Lipinski definition) is 3. The van der Waals surface area contributed by atoms with E-state index in [0.717, 1.165) is 36.0 Å². The van der Waals surface area contributed by atoms with E-state index in [9.17, 15) is 15.0 Å². The smallest absolute Gasteiger partial charge is 0.161 e. The van der Waals surface area contributed by atoms with Gasteiger partial charge in [-0.05, 0) is 48.5 Å². The van der Waals surface area contributed by atoms with Gasteiger partial charge in [-0.2, -0.15) is 0 Å². The van der Waals surface area contributed by atoms with Crippen LogP contribution in [0.25, 0.3) is 0 Å². The molecular weight excluding hydrogens is 288 g/mol. The molecule has 2 N–H and O–H groups in total. The van der Waals surface area contributed by atoms with E-state index in [2.05, 4.69) is 13.8 Å². The lowest BCUT2D eigenvalue weighted by molar-refractivity contribution is -0.131. The van der Waals surface area contributed by atoms with Crippen molar-refractivity contribution in [3.63, 3.8) is 0 Å². The van der Waals surface area contributed by atoms with Gasteiger partial charge in [0, 0.05) is 23.5 Å². The van der Waals surface area contributed by atoms with Crippen LogP contribution in [0.4, 0.5) is 0 Å². The first-order valence-electron chi connectivity index (χ1n) is 8.81. The molecule has 0 saturated heterocycles. The Bertz CT molecular complexity index is 643. The predicted octanol–water partition coefficient (Wildman–Crippen LogP) is 4.33. The first kappa shape index (κ1) is 16.4. The third-order valence-corrected chi connectivity index (χ3v) is 6.19. The number of rotatable bonds is 1.